The van der Waals surface area contributed by atoms with Crippen molar-refractivity contribution in [1.29, 1.82) is 0 Å². The van der Waals surface area contributed by atoms with Gasteiger partial charge in [0, 0.05) is 6.55 Å². The van der Waals surface area contributed by atoms with E-state index in [2.05, 4.69) is 17.4 Å². The molecule has 1 aromatic rings. The van der Waals surface area contributed by atoms with Crippen LogP contribution in [0.1, 0.15) is 18.4 Å². The summed E-state index contributed by atoms with van der Waals surface area (Å²) in [5.41, 5.74) is 1.18. The van der Waals surface area contributed by atoms with Crippen molar-refractivity contribution >= 4 is 28.6 Å². The third kappa shape index (κ3) is 5.73. The quantitative estimate of drug-likeness (QED) is 0.764. The van der Waals surface area contributed by atoms with Crippen molar-refractivity contribution in [1.82, 2.24) is 0 Å². The van der Waals surface area contributed by atoms with Crippen LogP contribution in [0.5, 0.6) is 0 Å². The predicted molar refractivity (Wildman–Crippen MR) is 69.4 cm³/mol. The zero-order valence-electron chi connectivity index (χ0n) is 9.88. The normalized spacial score (nSPS) is 14.0. The zero-order valence-corrected chi connectivity index (χ0v) is 12.9. The molecule has 0 saturated heterocycles. The van der Waals surface area contributed by atoms with Crippen molar-refractivity contribution in [3.63, 3.8) is 0 Å². The van der Waals surface area contributed by atoms with Gasteiger partial charge in [-0.3, -0.25) is 0 Å². The summed E-state index contributed by atoms with van der Waals surface area (Å²) in [7, 11) is -2.29. The summed E-state index contributed by atoms with van der Waals surface area (Å²) >= 11 is 0. The number of hydrogen-bond acceptors (Lipinski definition) is 4. The molecule has 1 rings (SSSR count). The van der Waals surface area contributed by atoms with Gasteiger partial charge >= 0.3 is 18.1 Å². The Bertz CT molecular complexity index is 328. The van der Waals surface area contributed by atoms with Crippen LogP contribution in [-0.2, 0) is 8.23 Å². The standard InChI is InChI=1S/C10H16O4Si3/c1-9(10-6-4-3-5-7-10)8-16(13-15)14-17(2,11)12/h3-7,9,11-12H,8H2,1-2H3. The molecular formula is C10H16O4Si3. The molecule has 0 spiro atoms. The number of hydrogen-bond donors (Lipinski definition) is 2. The third-order valence-corrected chi connectivity index (χ3v) is 6.58. The fraction of sp³-hybridized carbons (Fsp3) is 0.400. The highest BCUT2D eigenvalue weighted by atomic mass is 28.4. The minimum absolute atomic E-state index is 0.248. The molecule has 1 atom stereocenters. The summed E-state index contributed by atoms with van der Waals surface area (Å²) in [6, 6.07) is 10.6. The molecule has 0 aromatic heterocycles. The summed E-state index contributed by atoms with van der Waals surface area (Å²) < 4.78 is 10.2. The van der Waals surface area contributed by atoms with Crippen molar-refractivity contribution < 1.29 is 17.8 Å². The molecule has 0 saturated carbocycles. The zero-order chi connectivity index (χ0) is 12.9. The minimum atomic E-state index is -3.52. The van der Waals surface area contributed by atoms with Gasteiger partial charge in [-0.2, -0.15) is 0 Å². The van der Waals surface area contributed by atoms with Gasteiger partial charge in [0.05, 0.1) is 0 Å². The molecule has 0 amide bonds. The SMILES string of the molecule is CC(C[Si](O[Si])O[Si](C)(O)O)c1ccccc1. The van der Waals surface area contributed by atoms with Crippen LogP contribution >= 0.6 is 0 Å². The highest BCUT2D eigenvalue weighted by molar-refractivity contribution is 6.67. The van der Waals surface area contributed by atoms with E-state index in [0.717, 1.165) is 0 Å². The lowest BCUT2D eigenvalue weighted by Gasteiger charge is -2.22. The van der Waals surface area contributed by atoms with Gasteiger partial charge in [0.25, 0.3) is 0 Å². The highest BCUT2D eigenvalue weighted by Gasteiger charge is 2.32. The van der Waals surface area contributed by atoms with Gasteiger partial charge in [-0.1, -0.05) is 37.3 Å². The summed E-state index contributed by atoms with van der Waals surface area (Å²) in [4.78, 5) is 18.6. The maximum atomic E-state index is 9.30. The Morgan fingerprint density at radius 3 is 2.41 bits per heavy atom. The van der Waals surface area contributed by atoms with E-state index < -0.39 is 18.1 Å². The van der Waals surface area contributed by atoms with E-state index in [9.17, 15) is 9.59 Å². The first kappa shape index (κ1) is 14.8. The Kier molecular flexibility index (Phi) is 5.73. The van der Waals surface area contributed by atoms with E-state index in [1.165, 1.54) is 12.1 Å². The Morgan fingerprint density at radius 1 is 1.35 bits per heavy atom. The van der Waals surface area contributed by atoms with Gasteiger partial charge in [0.15, 0.2) is 0 Å². The molecular weight excluding hydrogens is 268 g/mol. The van der Waals surface area contributed by atoms with Crippen LogP contribution in [0.15, 0.2) is 30.3 Å². The lowest BCUT2D eigenvalue weighted by Crippen LogP contribution is -2.42. The first-order valence-electron chi connectivity index (χ1n) is 5.30. The first-order chi connectivity index (χ1) is 7.92. The van der Waals surface area contributed by atoms with E-state index in [4.69, 9.17) is 8.23 Å². The van der Waals surface area contributed by atoms with Crippen LogP contribution in [-0.4, -0.2) is 38.2 Å². The smallest absolute Gasteiger partial charge is 0.436 e. The van der Waals surface area contributed by atoms with Crippen molar-refractivity contribution in [2.45, 2.75) is 25.4 Å². The van der Waals surface area contributed by atoms with Crippen LogP contribution < -0.4 is 0 Å². The van der Waals surface area contributed by atoms with Gasteiger partial charge < -0.3 is 17.8 Å². The Hall–Kier alpha value is -0.289. The topological polar surface area (TPSA) is 58.9 Å². The molecule has 0 aliphatic carbocycles. The Morgan fingerprint density at radius 2 is 1.94 bits per heavy atom. The molecule has 1 unspecified atom stereocenters. The van der Waals surface area contributed by atoms with Crippen molar-refractivity contribution in [3.8, 4) is 0 Å². The second kappa shape index (κ2) is 6.59. The monoisotopic (exact) mass is 284 g/mol. The third-order valence-electron chi connectivity index (χ3n) is 2.26. The van der Waals surface area contributed by atoms with E-state index in [1.54, 1.807) is 0 Å². The van der Waals surface area contributed by atoms with Gasteiger partial charge in [-0.25, -0.2) is 0 Å². The molecule has 92 valence electrons. The minimum Gasteiger partial charge on any atom is -0.436 e. The van der Waals surface area contributed by atoms with E-state index in [0.29, 0.717) is 6.04 Å². The molecule has 0 aliphatic rings. The van der Waals surface area contributed by atoms with Crippen LogP contribution in [0.25, 0.3) is 0 Å². The summed E-state index contributed by atoms with van der Waals surface area (Å²) in [5, 5.41) is 0. The fourth-order valence-electron chi connectivity index (χ4n) is 1.47. The Labute approximate surface area is 108 Å². The van der Waals surface area contributed by atoms with E-state index in [-0.39, 0.29) is 5.92 Å². The van der Waals surface area contributed by atoms with Crippen LogP contribution in [0.2, 0.25) is 12.6 Å². The molecule has 0 heterocycles. The summed E-state index contributed by atoms with van der Waals surface area (Å²) in [5.74, 6) is 0.248. The van der Waals surface area contributed by atoms with Crippen molar-refractivity contribution in [3.05, 3.63) is 35.9 Å². The molecule has 0 bridgehead atoms. The van der Waals surface area contributed by atoms with Crippen molar-refractivity contribution in [2.24, 2.45) is 0 Å². The average molecular weight is 284 g/mol. The summed E-state index contributed by atoms with van der Waals surface area (Å²) in [6.45, 7) is 3.36. The lowest BCUT2D eigenvalue weighted by atomic mass is 10.0. The highest BCUT2D eigenvalue weighted by Crippen LogP contribution is 2.22. The first-order valence-corrected chi connectivity index (χ1v) is 9.54. The molecule has 4 radical (unpaired) electrons. The van der Waals surface area contributed by atoms with Gasteiger partial charge in [-0.05, 0) is 17.5 Å². The average Bonchev–Trinajstić information content (AvgIpc) is 2.27. The summed E-state index contributed by atoms with van der Waals surface area (Å²) in [6.07, 6.45) is 0. The molecule has 0 fully saturated rings. The van der Waals surface area contributed by atoms with Gasteiger partial charge in [-0.15, -0.1) is 0 Å². The molecule has 7 heteroatoms. The molecule has 1 aromatic carbocycles. The molecule has 4 nitrogen and oxygen atoms in total. The van der Waals surface area contributed by atoms with Gasteiger partial charge in [0.1, 0.15) is 0 Å². The van der Waals surface area contributed by atoms with Crippen LogP contribution in [0.4, 0.5) is 0 Å². The fourth-order valence-corrected chi connectivity index (χ4v) is 5.14. The second-order valence-corrected chi connectivity index (χ2v) is 8.68. The number of benzene rings is 1. The van der Waals surface area contributed by atoms with E-state index in [1.807, 2.05) is 30.3 Å². The van der Waals surface area contributed by atoms with E-state index >= 15 is 0 Å². The lowest BCUT2D eigenvalue weighted by molar-refractivity contribution is 0.232. The van der Waals surface area contributed by atoms with Crippen LogP contribution in [0.3, 0.4) is 0 Å². The van der Waals surface area contributed by atoms with Gasteiger partial charge in [0.2, 0.25) is 10.5 Å². The maximum absolute atomic E-state index is 9.30. The molecule has 0 aliphatic heterocycles. The molecule has 17 heavy (non-hydrogen) atoms. The largest absolute Gasteiger partial charge is 0.483 e. The molecule has 2 N–H and O–H groups in total. The number of rotatable bonds is 6. The maximum Gasteiger partial charge on any atom is 0.483 e. The van der Waals surface area contributed by atoms with Crippen LogP contribution in [0, 0.1) is 0 Å². The Balaban J connectivity index is 2.57. The van der Waals surface area contributed by atoms with Crippen molar-refractivity contribution in [2.75, 3.05) is 0 Å². The predicted octanol–water partition coefficient (Wildman–Crippen LogP) is 0.948. The second-order valence-electron chi connectivity index (χ2n) is 4.03.